The Bertz CT molecular complexity index is 1730. The van der Waals surface area contributed by atoms with Crippen molar-refractivity contribution in [2.45, 2.75) is 89.5 Å². The van der Waals surface area contributed by atoms with Crippen LogP contribution in [-0.2, 0) is 6.42 Å². The van der Waals surface area contributed by atoms with Crippen molar-refractivity contribution in [1.82, 2.24) is 14.8 Å². The molecule has 0 radical (unpaired) electrons. The first-order valence-electron chi connectivity index (χ1n) is 18.0. The fourth-order valence-electron chi connectivity index (χ4n) is 9.86. The average Bonchev–Trinajstić information content (AvgIpc) is 3.39. The normalized spacial score (nSPS) is 29.8. The van der Waals surface area contributed by atoms with Gasteiger partial charge in [-0.05, 0) is 105 Å². The summed E-state index contributed by atoms with van der Waals surface area (Å²) in [7, 11) is 0. The van der Waals surface area contributed by atoms with E-state index in [0.717, 1.165) is 55.1 Å². The summed E-state index contributed by atoms with van der Waals surface area (Å²) in [5.74, 6) is 4.23. The summed E-state index contributed by atoms with van der Waals surface area (Å²) in [6.07, 6.45) is 11.4. The molecular weight excluding hydrogens is 600 g/mol. The van der Waals surface area contributed by atoms with Crippen LogP contribution >= 0.6 is 0 Å². The van der Waals surface area contributed by atoms with Gasteiger partial charge in [0.2, 0.25) is 0 Å². The highest BCUT2D eigenvalue weighted by molar-refractivity contribution is 5.95. The van der Waals surface area contributed by atoms with Crippen LogP contribution < -0.4 is 4.90 Å². The zero-order chi connectivity index (χ0) is 33.8. The molecule has 254 valence electrons. The second-order valence-corrected chi connectivity index (χ2v) is 15.0. The van der Waals surface area contributed by atoms with E-state index in [4.69, 9.17) is 6.42 Å². The third-order valence-corrected chi connectivity index (χ3v) is 12.7. The van der Waals surface area contributed by atoms with E-state index < -0.39 is 17.9 Å². The molecule has 7 rings (SSSR count). The van der Waals surface area contributed by atoms with Gasteiger partial charge in [-0.25, -0.2) is 4.98 Å². The Morgan fingerprint density at radius 3 is 2.62 bits per heavy atom. The van der Waals surface area contributed by atoms with Crippen molar-refractivity contribution in [3.63, 3.8) is 0 Å². The lowest BCUT2D eigenvalue weighted by Crippen LogP contribution is -2.57. The molecule has 3 aliphatic carbocycles. The molecule has 1 amide bonds. The lowest BCUT2D eigenvalue weighted by molar-refractivity contribution is -0.0646. The number of hydrogen-bond acceptors (Lipinski definition) is 7. The minimum absolute atomic E-state index is 0.172. The van der Waals surface area contributed by atoms with Gasteiger partial charge in [-0.3, -0.25) is 9.69 Å². The second-order valence-electron chi connectivity index (χ2n) is 15.0. The van der Waals surface area contributed by atoms with E-state index in [0.29, 0.717) is 68.3 Å². The molecule has 8 heteroatoms. The number of carbonyl (C=O) groups excluding carboxylic acids is 1. The molecule has 1 aromatic heterocycles. The van der Waals surface area contributed by atoms with Gasteiger partial charge >= 0.3 is 0 Å². The van der Waals surface area contributed by atoms with Crippen LogP contribution in [0, 0.1) is 29.6 Å². The third kappa shape index (κ3) is 5.35. The van der Waals surface area contributed by atoms with Gasteiger partial charge < -0.3 is 25.1 Å². The first-order valence-corrected chi connectivity index (χ1v) is 18.0. The number of piperazine rings is 1. The van der Waals surface area contributed by atoms with Gasteiger partial charge in [0.25, 0.3) is 5.91 Å². The second kappa shape index (κ2) is 12.7. The first kappa shape index (κ1) is 32.9. The van der Waals surface area contributed by atoms with Crippen LogP contribution in [0.5, 0.6) is 5.75 Å². The largest absolute Gasteiger partial charge is 0.506 e. The molecule has 3 fully saturated rings. The zero-order valence-corrected chi connectivity index (χ0v) is 28.6. The average molecular weight is 651 g/mol. The predicted molar refractivity (Wildman–Crippen MR) is 189 cm³/mol. The Kier molecular flexibility index (Phi) is 8.68. The molecule has 0 spiro atoms. The molecule has 0 bridgehead atoms. The number of terminal acetylenes is 1. The minimum Gasteiger partial charge on any atom is -0.506 e. The maximum Gasteiger partial charge on any atom is 0.272 e. The molecule has 2 aromatic carbocycles. The van der Waals surface area contributed by atoms with E-state index in [1.807, 2.05) is 55.1 Å². The van der Waals surface area contributed by atoms with E-state index in [2.05, 4.69) is 28.8 Å². The number of amides is 1. The van der Waals surface area contributed by atoms with Crippen molar-refractivity contribution in [2.24, 2.45) is 17.3 Å². The Balaban J connectivity index is 1.04. The quantitative estimate of drug-likeness (QED) is 0.289. The number of pyridine rings is 1. The number of rotatable bonds is 7. The molecule has 1 saturated heterocycles. The topological polar surface area (TPSA) is 100 Å². The molecular formula is C40H50N4O4. The van der Waals surface area contributed by atoms with Crippen LogP contribution in [0.3, 0.4) is 0 Å². The summed E-state index contributed by atoms with van der Waals surface area (Å²) in [5.41, 5.74) is 3.37. The highest BCUT2D eigenvalue weighted by Gasteiger charge is 2.61. The van der Waals surface area contributed by atoms with E-state index in [9.17, 15) is 20.1 Å². The predicted octanol–water partition coefficient (Wildman–Crippen LogP) is 5.54. The number of nitrogens with zero attached hydrogens (tertiary/aromatic N) is 4. The van der Waals surface area contributed by atoms with Crippen molar-refractivity contribution in [3.05, 3.63) is 65.4 Å². The number of anilines is 1. The number of phenols is 1. The molecule has 3 unspecified atom stereocenters. The summed E-state index contributed by atoms with van der Waals surface area (Å²) < 4.78 is 0. The molecule has 48 heavy (non-hydrogen) atoms. The fourth-order valence-corrected chi connectivity index (χ4v) is 9.86. The molecule has 8 nitrogen and oxygen atoms in total. The van der Waals surface area contributed by atoms with Gasteiger partial charge in [-0.2, -0.15) is 0 Å². The van der Waals surface area contributed by atoms with Crippen molar-refractivity contribution < 1.29 is 20.1 Å². The third-order valence-electron chi connectivity index (χ3n) is 12.7. The van der Waals surface area contributed by atoms with Crippen LogP contribution in [0.25, 0.3) is 10.9 Å². The van der Waals surface area contributed by atoms with Crippen LogP contribution in [0.1, 0.15) is 86.8 Å². The number of para-hydroxylation sites is 1. The van der Waals surface area contributed by atoms with Gasteiger partial charge in [-0.1, -0.05) is 44.0 Å². The van der Waals surface area contributed by atoms with E-state index in [-0.39, 0.29) is 11.3 Å². The van der Waals surface area contributed by atoms with Gasteiger partial charge in [0, 0.05) is 43.5 Å². The SMILES string of the molecule is C#C[C@]1(O)CCC2[C@@H]3CCc4cc(O)c(N5CCN(C(O)[C@H](C)N(CCC)C(=O)c6ccc7ccccc7n6)CC5)cc4C3CC[C@@]21C. The number of aromatic nitrogens is 1. The summed E-state index contributed by atoms with van der Waals surface area (Å²) in [6, 6.07) is 15.3. The highest BCUT2D eigenvalue weighted by atomic mass is 16.3. The number of fused-ring (bicyclic) bond motifs is 6. The Morgan fingerprint density at radius 2 is 1.88 bits per heavy atom. The first-order chi connectivity index (χ1) is 23.1. The zero-order valence-electron chi connectivity index (χ0n) is 28.6. The van der Waals surface area contributed by atoms with Crippen molar-refractivity contribution >= 4 is 22.5 Å². The number of aliphatic hydroxyl groups excluding tert-OH is 1. The van der Waals surface area contributed by atoms with Crippen molar-refractivity contribution in [2.75, 3.05) is 37.6 Å². The standard InChI is InChI=1S/C40H50N4O4/c1-5-19-44(38(47)34-14-12-27-9-7-8-10-33(27)41-34)26(3)37(46)43-22-20-42(21-23-43)35-25-31-28(24-36(35)45)11-13-30-29(31)15-17-39(4)32(30)16-18-40(39,48)6-2/h2,7-10,12,14,24-26,29-30,32,37,45-46,48H,5,11,13,15-23H2,1,3-4H3/t26-,29?,30+,32?,37?,39-,40-/m0/s1. The van der Waals surface area contributed by atoms with Gasteiger partial charge in [0.1, 0.15) is 23.3 Å². The number of aliphatic hydroxyl groups is 2. The number of phenolic OH excluding ortho intramolecular Hbond substituents is 1. The molecule has 1 aliphatic heterocycles. The van der Waals surface area contributed by atoms with Gasteiger partial charge in [-0.15, -0.1) is 6.42 Å². The van der Waals surface area contributed by atoms with Gasteiger partial charge in [0.05, 0.1) is 17.2 Å². The van der Waals surface area contributed by atoms with Crippen LogP contribution in [-0.4, -0.2) is 86.6 Å². The Hall–Kier alpha value is -3.64. The number of benzene rings is 2. The molecule has 3 aromatic rings. The monoisotopic (exact) mass is 650 g/mol. The van der Waals surface area contributed by atoms with Crippen molar-refractivity contribution in [1.29, 1.82) is 0 Å². The van der Waals surface area contributed by atoms with Crippen LogP contribution in [0.4, 0.5) is 5.69 Å². The lowest BCUT2D eigenvalue weighted by atomic mass is 9.53. The smallest absolute Gasteiger partial charge is 0.272 e. The molecule has 2 saturated carbocycles. The number of carbonyl (C=O) groups is 1. The maximum absolute atomic E-state index is 13.7. The highest BCUT2D eigenvalue weighted by Crippen LogP contribution is 2.64. The van der Waals surface area contributed by atoms with E-state index in [1.165, 1.54) is 11.1 Å². The number of aryl methyl sites for hydroxylation is 1. The Morgan fingerprint density at radius 1 is 1.10 bits per heavy atom. The summed E-state index contributed by atoms with van der Waals surface area (Å²) >= 11 is 0. The van der Waals surface area contributed by atoms with E-state index >= 15 is 0 Å². The lowest BCUT2D eigenvalue weighted by Gasteiger charge is -2.52. The number of hydrogen-bond donors (Lipinski definition) is 3. The molecule has 3 N–H and O–H groups in total. The van der Waals surface area contributed by atoms with Gasteiger partial charge in [0.15, 0.2) is 0 Å². The maximum atomic E-state index is 13.7. The van der Waals surface area contributed by atoms with E-state index in [1.54, 1.807) is 11.0 Å². The minimum atomic E-state index is -1.01. The summed E-state index contributed by atoms with van der Waals surface area (Å²) in [4.78, 5) is 24.4. The van der Waals surface area contributed by atoms with Crippen molar-refractivity contribution in [3.8, 4) is 18.1 Å². The Labute approximate surface area is 284 Å². The number of aromatic hydroxyl groups is 1. The summed E-state index contributed by atoms with van der Waals surface area (Å²) in [5, 5.41) is 35.1. The molecule has 4 aliphatic rings. The molecule has 2 heterocycles. The fraction of sp³-hybridized carbons (Fsp3) is 0.550. The van der Waals surface area contributed by atoms with Crippen LogP contribution in [0.2, 0.25) is 0 Å². The van der Waals surface area contributed by atoms with Crippen LogP contribution in [0.15, 0.2) is 48.5 Å². The molecule has 7 atom stereocenters. The summed E-state index contributed by atoms with van der Waals surface area (Å²) in [6.45, 7) is 9.24.